The van der Waals surface area contributed by atoms with Crippen molar-refractivity contribution in [1.82, 2.24) is 10.6 Å². The van der Waals surface area contributed by atoms with E-state index in [-0.39, 0.29) is 0 Å². The fraction of sp³-hybridized carbons (Fsp3) is 0.400. The Bertz CT molecular complexity index is 416. The molecule has 4 heteroatoms. The number of hydrogen-bond donors (Lipinski definition) is 2. The molecule has 0 bridgehead atoms. The quantitative estimate of drug-likeness (QED) is 0.350. The predicted molar refractivity (Wildman–Crippen MR) is 86.6 cm³/mol. The van der Waals surface area contributed by atoms with Gasteiger partial charge in [-0.2, -0.15) is 0 Å². The van der Waals surface area contributed by atoms with Gasteiger partial charge >= 0.3 is 0 Å². The van der Waals surface area contributed by atoms with Gasteiger partial charge in [-0.3, -0.25) is 4.99 Å². The molecule has 0 saturated carbocycles. The number of guanidine groups is 1. The summed E-state index contributed by atoms with van der Waals surface area (Å²) in [5, 5.41) is 6.40. The largest absolute Gasteiger partial charge is 0.357 e. The van der Waals surface area contributed by atoms with Crippen molar-refractivity contribution in [3.05, 3.63) is 47.0 Å². The summed E-state index contributed by atoms with van der Waals surface area (Å²) >= 11 is 3.49. The highest BCUT2D eigenvalue weighted by Crippen LogP contribution is 2.12. The zero-order chi connectivity index (χ0) is 13.9. The molecule has 0 atom stereocenters. The monoisotopic (exact) mass is 323 g/mol. The van der Waals surface area contributed by atoms with Gasteiger partial charge < -0.3 is 10.6 Å². The fourth-order valence-corrected chi connectivity index (χ4v) is 2.12. The maximum atomic E-state index is 4.52. The van der Waals surface area contributed by atoms with Crippen LogP contribution in [-0.2, 0) is 6.42 Å². The number of aryl methyl sites for hydroxylation is 1. The Kier molecular flexibility index (Phi) is 7.98. The maximum Gasteiger partial charge on any atom is 0.191 e. The van der Waals surface area contributed by atoms with E-state index in [0.717, 1.165) is 42.9 Å². The number of rotatable bonds is 7. The van der Waals surface area contributed by atoms with E-state index < -0.39 is 0 Å². The van der Waals surface area contributed by atoms with Crippen LogP contribution in [0.3, 0.4) is 0 Å². The summed E-state index contributed by atoms with van der Waals surface area (Å²) in [5.41, 5.74) is 1.34. The standard InChI is InChI=1S/C15H22BrN3/c1-3-10-18-15(17-4-2)19-11-6-8-13-7-5-9-14(16)12-13/h3,5,7,9,12H,1,4,6,8,10-11H2,2H3,(H2,17,18,19). The first-order chi connectivity index (χ1) is 9.26. The van der Waals surface area contributed by atoms with Gasteiger partial charge in [0.15, 0.2) is 5.96 Å². The van der Waals surface area contributed by atoms with Crippen molar-refractivity contribution in [2.75, 3.05) is 19.6 Å². The molecule has 3 nitrogen and oxygen atoms in total. The third kappa shape index (κ3) is 7.01. The first-order valence-corrected chi connectivity index (χ1v) is 7.43. The summed E-state index contributed by atoms with van der Waals surface area (Å²) in [6.45, 7) is 8.17. The lowest BCUT2D eigenvalue weighted by Gasteiger charge is -2.09. The van der Waals surface area contributed by atoms with Gasteiger partial charge in [-0.25, -0.2) is 0 Å². The number of aliphatic imine (C=N–C) groups is 1. The first-order valence-electron chi connectivity index (χ1n) is 6.63. The van der Waals surface area contributed by atoms with Crippen molar-refractivity contribution in [2.24, 2.45) is 4.99 Å². The molecule has 19 heavy (non-hydrogen) atoms. The first kappa shape index (κ1) is 15.8. The number of hydrogen-bond acceptors (Lipinski definition) is 1. The number of nitrogens with one attached hydrogen (secondary N) is 2. The second-order valence-electron chi connectivity index (χ2n) is 4.16. The summed E-state index contributed by atoms with van der Waals surface area (Å²) in [6.07, 6.45) is 3.92. The summed E-state index contributed by atoms with van der Waals surface area (Å²) in [6, 6.07) is 8.42. The minimum Gasteiger partial charge on any atom is -0.357 e. The molecule has 0 unspecified atom stereocenters. The molecule has 1 rings (SSSR count). The highest BCUT2D eigenvalue weighted by Gasteiger charge is 1.96. The van der Waals surface area contributed by atoms with E-state index in [4.69, 9.17) is 0 Å². The molecular formula is C15H22BrN3. The van der Waals surface area contributed by atoms with Crippen LogP contribution >= 0.6 is 15.9 Å². The fourth-order valence-electron chi connectivity index (χ4n) is 1.68. The second-order valence-corrected chi connectivity index (χ2v) is 5.08. The Morgan fingerprint density at radius 2 is 2.26 bits per heavy atom. The Hall–Kier alpha value is -1.29. The van der Waals surface area contributed by atoms with Gasteiger partial charge in [0, 0.05) is 24.1 Å². The molecule has 0 aliphatic rings. The maximum absolute atomic E-state index is 4.52. The summed E-state index contributed by atoms with van der Waals surface area (Å²) in [7, 11) is 0. The van der Waals surface area contributed by atoms with Gasteiger partial charge in [0.25, 0.3) is 0 Å². The van der Waals surface area contributed by atoms with E-state index in [1.807, 2.05) is 12.1 Å². The van der Waals surface area contributed by atoms with E-state index >= 15 is 0 Å². The number of nitrogens with zero attached hydrogens (tertiary/aromatic N) is 1. The Balaban J connectivity index is 2.35. The summed E-state index contributed by atoms with van der Waals surface area (Å²) < 4.78 is 1.13. The molecule has 0 heterocycles. The average molecular weight is 324 g/mol. The van der Waals surface area contributed by atoms with Crippen molar-refractivity contribution in [2.45, 2.75) is 19.8 Å². The molecule has 0 fully saturated rings. The van der Waals surface area contributed by atoms with Crippen molar-refractivity contribution in [3.63, 3.8) is 0 Å². The molecule has 0 aliphatic carbocycles. The average Bonchev–Trinajstić information content (AvgIpc) is 2.41. The van der Waals surface area contributed by atoms with Crippen LogP contribution in [0.5, 0.6) is 0 Å². The second kappa shape index (κ2) is 9.62. The van der Waals surface area contributed by atoms with E-state index in [2.05, 4.69) is 63.3 Å². The normalized spacial score (nSPS) is 11.2. The van der Waals surface area contributed by atoms with Crippen molar-refractivity contribution in [3.8, 4) is 0 Å². The third-order valence-electron chi connectivity index (χ3n) is 2.54. The van der Waals surface area contributed by atoms with E-state index in [1.165, 1.54) is 5.56 Å². The molecule has 0 aliphatic heterocycles. The van der Waals surface area contributed by atoms with Crippen LogP contribution in [0.25, 0.3) is 0 Å². The zero-order valence-corrected chi connectivity index (χ0v) is 13.0. The third-order valence-corrected chi connectivity index (χ3v) is 3.03. The highest BCUT2D eigenvalue weighted by atomic mass is 79.9. The van der Waals surface area contributed by atoms with Crippen LogP contribution in [0.2, 0.25) is 0 Å². The molecule has 0 aromatic heterocycles. The van der Waals surface area contributed by atoms with Crippen LogP contribution < -0.4 is 10.6 Å². The minimum atomic E-state index is 0.734. The van der Waals surface area contributed by atoms with Crippen LogP contribution in [-0.4, -0.2) is 25.6 Å². The molecule has 0 saturated heterocycles. The molecule has 104 valence electrons. The van der Waals surface area contributed by atoms with E-state index in [9.17, 15) is 0 Å². The summed E-state index contributed by atoms with van der Waals surface area (Å²) in [5.74, 6) is 0.858. The van der Waals surface area contributed by atoms with Gasteiger partial charge in [0.05, 0.1) is 0 Å². The van der Waals surface area contributed by atoms with Gasteiger partial charge in [0.2, 0.25) is 0 Å². The summed E-state index contributed by atoms with van der Waals surface area (Å²) in [4.78, 5) is 4.52. The Labute approximate surface area is 124 Å². The minimum absolute atomic E-state index is 0.734. The Morgan fingerprint density at radius 1 is 1.42 bits per heavy atom. The predicted octanol–water partition coefficient (Wildman–Crippen LogP) is 3.12. The van der Waals surface area contributed by atoms with E-state index in [1.54, 1.807) is 0 Å². The molecule has 1 aromatic rings. The van der Waals surface area contributed by atoms with Gasteiger partial charge in [0.1, 0.15) is 0 Å². The lowest BCUT2D eigenvalue weighted by Crippen LogP contribution is -2.37. The van der Waals surface area contributed by atoms with Crippen molar-refractivity contribution < 1.29 is 0 Å². The molecular weight excluding hydrogens is 302 g/mol. The van der Waals surface area contributed by atoms with Crippen molar-refractivity contribution >= 4 is 21.9 Å². The number of halogens is 1. The van der Waals surface area contributed by atoms with E-state index in [0.29, 0.717) is 0 Å². The van der Waals surface area contributed by atoms with Crippen LogP contribution in [0, 0.1) is 0 Å². The smallest absolute Gasteiger partial charge is 0.191 e. The lowest BCUT2D eigenvalue weighted by molar-refractivity contribution is 0.802. The van der Waals surface area contributed by atoms with Crippen molar-refractivity contribution in [1.29, 1.82) is 0 Å². The molecule has 2 N–H and O–H groups in total. The lowest BCUT2D eigenvalue weighted by atomic mass is 10.1. The van der Waals surface area contributed by atoms with Crippen LogP contribution in [0.4, 0.5) is 0 Å². The highest BCUT2D eigenvalue weighted by molar-refractivity contribution is 9.10. The molecule has 1 aromatic carbocycles. The Morgan fingerprint density at radius 3 is 2.95 bits per heavy atom. The van der Waals surface area contributed by atoms with Gasteiger partial charge in [-0.1, -0.05) is 34.1 Å². The van der Waals surface area contributed by atoms with Crippen LogP contribution in [0.15, 0.2) is 46.4 Å². The van der Waals surface area contributed by atoms with Gasteiger partial charge in [-0.05, 0) is 37.5 Å². The molecule has 0 spiro atoms. The zero-order valence-electron chi connectivity index (χ0n) is 11.5. The number of benzene rings is 1. The van der Waals surface area contributed by atoms with Crippen LogP contribution in [0.1, 0.15) is 18.9 Å². The molecule has 0 amide bonds. The SMILES string of the molecule is C=CCNC(=NCCCc1cccc(Br)c1)NCC. The topological polar surface area (TPSA) is 36.4 Å². The molecule has 0 radical (unpaired) electrons. The van der Waals surface area contributed by atoms with Gasteiger partial charge in [-0.15, -0.1) is 6.58 Å².